The molecule has 3 fully saturated rings. The van der Waals surface area contributed by atoms with Crippen molar-refractivity contribution < 1.29 is 76.4 Å². The number of amides is 5. The molecule has 412 valence electrons. The number of nitrogens with one attached hydrogen (secondary N) is 3. The van der Waals surface area contributed by atoms with E-state index < -0.39 is 72.8 Å². The summed E-state index contributed by atoms with van der Waals surface area (Å²) in [6, 6.07) is 3.08. The number of ketones is 2. The monoisotopic (exact) mass is 1190 g/mol. The molecule has 0 aromatic heterocycles. The van der Waals surface area contributed by atoms with E-state index in [9.17, 15) is 63.9 Å². The number of aldehydes is 1. The van der Waals surface area contributed by atoms with E-state index >= 15 is 0 Å². The van der Waals surface area contributed by atoms with Crippen LogP contribution in [0.2, 0.25) is 0 Å². The Labute approximate surface area is 456 Å². The molecule has 2 aromatic carbocycles. The highest BCUT2D eigenvalue weighted by Gasteiger charge is 2.42. The fraction of sp³-hybridized carbons (Fsp3) is 0.528. The van der Waals surface area contributed by atoms with Crippen LogP contribution in [0.5, 0.6) is 17.2 Å². The van der Waals surface area contributed by atoms with Crippen molar-refractivity contribution in [1.29, 1.82) is 0 Å². The van der Waals surface area contributed by atoms with E-state index in [1.54, 1.807) is 55.2 Å². The standard InChI is InChI=1S/C30H43N5O9.C22H21O6P.CH3IO/c1-18-28(41)21(15-27(40)44-18)33-30(43)23-9-5-12-35(23)26(39)17-31-24(37)16-32-29(42)22-8-4-11-34(22)25(38)14-20-7-3-2-6-19(20)10-13-36;1-28-15-5-3-4-12-16(15)21(27)17-18(22(12)29-2)20(26)13-8-10(14(24)9-23)6-7-11(13)19(17)25;1-3-2/h3,7,13,18,21-23,27-28,40-41H,2,4-6,8-12,14-17H2,1H3,(H,31,37)(H,32,42)(H,33,43);3-5,10,23,25-26H,6-9H2,1-2H3;1H3. The quantitative estimate of drug-likeness (QED) is 0.0497. The van der Waals surface area contributed by atoms with Crippen LogP contribution in [0.3, 0.4) is 0 Å². The number of fused-ring (bicyclic) bond motifs is 3. The third-order valence-corrected chi connectivity index (χ3v) is 15.5. The fourth-order valence-electron chi connectivity index (χ4n) is 10.8. The Morgan fingerprint density at radius 1 is 0.895 bits per heavy atom. The molecule has 3 saturated heterocycles. The summed E-state index contributed by atoms with van der Waals surface area (Å²) in [5.41, 5.74) is 4.21. The van der Waals surface area contributed by atoms with Gasteiger partial charge in [-0.3, -0.25) is 33.6 Å². The largest absolute Gasteiger partial charge is 0.507 e. The van der Waals surface area contributed by atoms with E-state index in [-0.39, 0.29) is 73.3 Å². The first kappa shape index (κ1) is 59.6. The van der Waals surface area contributed by atoms with Crippen LogP contribution in [0.25, 0.3) is 0 Å². The van der Waals surface area contributed by atoms with Gasteiger partial charge in [0, 0.05) is 66.5 Å². The average Bonchev–Trinajstić information content (AvgIpc) is 4.13. The number of nitrogens with zero attached hydrogens (tertiary/aromatic N) is 2. The van der Waals surface area contributed by atoms with Crippen molar-refractivity contribution >= 4 is 83.9 Å². The zero-order chi connectivity index (χ0) is 55.4. The average molecular weight is 1190 g/mol. The first-order valence-corrected chi connectivity index (χ1v) is 27.5. The van der Waals surface area contributed by atoms with Crippen LogP contribution >= 0.6 is 31.2 Å². The molecule has 3 aliphatic heterocycles. The lowest BCUT2D eigenvalue weighted by molar-refractivity contribution is -0.203. The molecule has 23 heteroatoms. The Kier molecular flexibility index (Phi) is 21.7. The molecule has 2 aromatic rings. The van der Waals surface area contributed by atoms with Gasteiger partial charge in [0.1, 0.15) is 71.3 Å². The maximum atomic E-state index is 13.4. The number of rotatable bonds is 14. The number of allylic oxidation sites excluding steroid dienone is 3. The molecular weight excluding hydrogens is 1120 g/mol. The second kappa shape index (κ2) is 27.6. The van der Waals surface area contributed by atoms with Gasteiger partial charge in [0.15, 0.2) is 12.1 Å². The van der Waals surface area contributed by atoms with Gasteiger partial charge in [-0.25, -0.2) is 0 Å². The number of ether oxygens (including phenoxy) is 2. The van der Waals surface area contributed by atoms with Crippen molar-refractivity contribution in [2.24, 2.45) is 5.92 Å². The first-order chi connectivity index (χ1) is 36.4. The molecule has 0 radical (unpaired) electrons. The Balaban J connectivity index is 0.000000252. The topological polar surface area (TPSA) is 308 Å². The van der Waals surface area contributed by atoms with Gasteiger partial charge in [0.2, 0.25) is 35.3 Å². The Bertz CT molecular complexity index is 2660. The number of phenols is 2. The summed E-state index contributed by atoms with van der Waals surface area (Å²) in [6.07, 6.45) is 7.00. The molecule has 7 unspecified atom stereocenters. The molecule has 76 heavy (non-hydrogen) atoms. The number of carbonyl (C=O) groups is 8. The van der Waals surface area contributed by atoms with Crippen LogP contribution < -0.4 is 20.7 Å². The first-order valence-electron chi connectivity index (χ1n) is 25.3. The molecule has 8 rings (SSSR count). The van der Waals surface area contributed by atoms with Gasteiger partial charge in [-0.05, 0) is 83.0 Å². The van der Waals surface area contributed by atoms with Crippen LogP contribution in [-0.2, 0) is 54.2 Å². The van der Waals surface area contributed by atoms with Crippen molar-refractivity contribution in [2.45, 2.75) is 121 Å². The summed E-state index contributed by atoms with van der Waals surface area (Å²) in [4.78, 5) is 104. The minimum Gasteiger partial charge on any atom is -0.507 e. The van der Waals surface area contributed by atoms with Crippen molar-refractivity contribution in [2.75, 3.05) is 53.7 Å². The second-order valence-electron chi connectivity index (χ2n) is 19.1. The van der Waals surface area contributed by atoms with Crippen LogP contribution in [0.15, 0.2) is 41.5 Å². The zero-order valence-electron chi connectivity index (χ0n) is 43.0. The van der Waals surface area contributed by atoms with Crippen LogP contribution in [0, 0.1) is 5.92 Å². The van der Waals surface area contributed by atoms with Gasteiger partial charge in [0.05, 0.1) is 49.9 Å². The number of Topliss-reactive ketones (excluding diaryl/α,β-unsaturated/α-hetero) is 1. The van der Waals surface area contributed by atoms with Crippen LogP contribution in [0.4, 0.5) is 0 Å². The normalized spacial score (nSPS) is 23.9. The summed E-state index contributed by atoms with van der Waals surface area (Å²) in [5, 5.41) is 60.0. The summed E-state index contributed by atoms with van der Waals surface area (Å²) in [5.74, 6) is -3.02. The predicted octanol–water partition coefficient (Wildman–Crippen LogP) is 2.24. The number of halogens is 1. The Hall–Kier alpha value is -5.62. The van der Waals surface area contributed by atoms with Crippen molar-refractivity contribution in [3.05, 3.63) is 74.9 Å². The highest BCUT2D eigenvalue weighted by molar-refractivity contribution is 14.1. The number of aliphatic hydroxyl groups excluding tert-OH is 3. The smallest absolute Gasteiger partial charge is 0.243 e. The van der Waals surface area contributed by atoms with Gasteiger partial charge in [-0.1, -0.05) is 38.1 Å². The summed E-state index contributed by atoms with van der Waals surface area (Å²) < 4.78 is 14.8. The molecule has 8 N–H and O–H groups in total. The number of hydrogen-bond acceptors (Lipinski definition) is 16. The predicted molar refractivity (Wildman–Crippen MR) is 286 cm³/mol. The Morgan fingerprint density at radius 2 is 1.57 bits per heavy atom. The molecule has 21 nitrogen and oxygen atoms in total. The lowest BCUT2D eigenvalue weighted by Gasteiger charge is -2.37. The van der Waals surface area contributed by atoms with Gasteiger partial charge in [-0.15, -0.1) is 0 Å². The number of aliphatic hydroxyl groups is 3. The molecule has 3 aliphatic carbocycles. The van der Waals surface area contributed by atoms with Gasteiger partial charge in [-0.2, -0.15) is 0 Å². The summed E-state index contributed by atoms with van der Waals surface area (Å²) in [7, 11) is 3.91. The maximum Gasteiger partial charge on any atom is 0.243 e. The molecule has 6 aliphatic rings. The van der Waals surface area contributed by atoms with E-state index in [0.717, 1.165) is 43.8 Å². The van der Waals surface area contributed by atoms with E-state index in [2.05, 4.69) is 19.0 Å². The van der Waals surface area contributed by atoms with Gasteiger partial charge >= 0.3 is 0 Å². The number of aromatic hydroxyl groups is 2. The van der Waals surface area contributed by atoms with Crippen molar-refractivity contribution in [3.63, 3.8) is 0 Å². The molecule has 0 bridgehead atoms. The number of phenolic OH excluding ortho intramolecular Hbond substituents is 2. The van der Waals surface area contributed by atoms with Gasteiger partial charge in [0.25, 0.3) is 0 Å². The maximum absolute atomic E-state index is 13.4. The van der Waals surface area contributed by atoms with Crippen molar-refractivity contribution in [3.8, 4) is 17.2 Å². The highest BCUT2D eigenvalue weighted by Crippen LogP contribution is 2.48. The van der Waals surface area contributed by atoms with Crippen LogP contribution in [-0.4, -0.2) is 178 Å². The number of benzene rings is 2. The van der Waals surface area contributed by atoms with Gasteiger partial charge < -0.3 is 68.6 Å². The molecule has 3 heterocycles. The molecule has 7 atom stereocenters. The summed E-state index contributed by atoms with van der Waals surface area (Å²) in [6.45, 7) is 2.94. The zero-order valence-corrected chi connectivity index (χ0v) is 46.0. The van der Waals surface area contributed by atoms with Crippen LogP contribution in [0.1, 0.15) is 109 Å². The molecule has 0 saturated carbocycles. The fourth-order valence-corrected chi connectivity index (χ4v) is 11.7. The lowest BCUT2D eigenvalue weighted by atomic mass is 9.75. The number of carbonyl (C=O) groups excluding carboxylic acids is 8. The number of methoxy groups -OCH3 is 1. The summed E-state index contributed by atoms with van der Waals surface area (Å²) >= 11 is 1.79. The third-order valence-electron chi connectivity index (χ3n) is 14.6. The molecule has 0 spiro atoms. The van der Waals surface area contributed by atoms with E-state index in [1.807, 2.05) is 18.8 Å². The SMILES string of the molecule is CC1OC(O)CC(NC(=O)C2CCCN2C(=O)CNC(=O)CNC(=O)C2CCCN2C(=O)CC2=C(CC=O)CCC=C2)C1O.COI.COc1cccc2c1C(=O)c1c(O)c3c(c(O)c1C2=PC)CC(C(=O)CO)CC3. The van der Waals surface area contributed by atoms with E-state index in [1.165, 1.54) is 16.9 Å². The van der Waals surface area contributed by atoms with E-state index in [0.29, 0.717) is 85.2 Å². The van der Waals surface area contributed by atoms with E-state index in [4.69, 9.17) is 9.47 Å². The van der Waals surface area contributed by atoms with Crippen molar-refractivity contribution in [1.82, 2.24) is 25.8 Å². The second-order valence-corrected chi connectivity index (χ2v) is 20.9. The minimum absolute atomic E-state index is 0.0181. The number of hydrogen-bond donors (Lipinski definition) is 8. The highest BCUT2D eigenvalue weighted by atomic mass is 127. The molecule has 5 amide bonds. The number of likely N-dealkylation sites (tertiary alicyclic amines) is 2. The third kappa shape index (κ3) is 13.5. The Morgan fingerprint density at radius 3 is 2.22 bits per heavy atom. The minimum atomic E-state index is -1.12. The molecular formula is C53H67IN5O16P. The lowest BCUT2D eigenvalue weighted by Crippen LogP contribution is -2.58.